The third-order valence-corrected chi connectivity index (χ3v) is 4.05. The van der Waals surface area contributed by atoms with Gasteiger partial charge >= 0.3 is 0 Å². The molecule has 0 radical (unpaired) electrons. The first-order valence-corrected chi connectivity index (χ1v) is 8.18. The topological polar surface area (TPSA) is 49.9 Å². The Bertz CT molecular complexity index is 614. The number of amides is 1. The van der Waals surface area contributed by atoms with E-state index in [-0.39, 0.29) is 17.6 Å². The fourth-order valence-electron chi connectivity index (χ4n) is 2.59. The van der Waals surface area contributed by atoms with Gasteiger partial charge < -0.3 is 14.5 Å². The van der Waals surface area contributed by atoms with Gasteiger partial charge in [0.2, 0.25) is 0 Å². The first kappa shape index (κ1) is 17.8. The first-order chi connectivity index (χ1) is 10.8. The van der Waals surface area contributed by atoms with Crippen LogP contribution in [0.2, 0.25) is 0 Å². The molecule has 126 valence electrons. The maximum atomic E-state index is 12.7. The Labute approximate surface area is 142 Å². The Hall–Kier alpha value is -1.59. The molecule has 0 saturated heterocycles. The molecule has 0 spiro atoms. The number of carbonyl (C=O) groups excluding carboxylic acids is 2. The van der Waals surface area contributed by atoms with Gasteiger partial charge in [0, 0.05) is 12.1 Å². The molecular formula is C17H23ClN2O3. The summed E-state index contributed by atoms with van der Waals surface area (Å²) in [6, 6.07) is 5.12. The van der Waals surface area contributed by atoms with Gasteiger partial charge in [0.15, 0.2) is 11.4 Å². The highest BCUT2D eigenvalue weighted by Gasteiger charge is 2.40. The second-order valence-electron chi connectivity index (χ2n) is 6.47. The minimum Gasteiger partial charge on any atom is -0.476 e. The van der Waals surface area contributed by atoms with Crippen molar-refractivity contribution in [1.29, 1.82) is 0 Å². The fraction of sp³-hybridized carbons (Fsp3) is 0.529. The van der Waals surface area contributed by atoms with E-state index in [1.165, 1.54) is 0 Å². The van der Waals surface area contributed by atoms with Crippen LogP contribution < -0.4 is 9.64 Å². The molecule has 23 heavy (non-hydrogen) atoms. The predicted octanol–water partition coefficient (Wildman–Crippen LogP) is 2.56. The number of anilines is 1. The number of benzene rings is 1. The number of alkyl halides is 1. The van der Waals surface area contributed by atoms with Gasteiger partial charge in [-0.25, -0.2) is 0 Å². The van der Waals surface area contributed by atoms with E-state index in [1.807, 2.05) is 14.1 Å². The number of ether oxygens (including phenoxy) is 1. The minimum absolute atomic E-state index is 0.0836. The van der Waals surface area contributed by atoms with Gasteiger partial charge in [-0.1, -0.05) is 0 Å². The molecule has 0 aromatic heterocycles. The molecule has 0 saturated carbocycles. The van der Waals surface area contributed by atoms with Crippen LogP contribution in [0, 0.1) is 0 Å². The summed E-state index contributed by atoms with van der Waals surface area (Å²) in [5.41, 5.74) is 0.222. The average Bonchev–Trinajstić information content (AvgIpc) is 2.49. The van der Waals surface area contributed by atoms with E-state index in [0.717, 1.165) is 13.0 Å². The van der Waals surface area contributed by atoms with Crippen molar-refractivity contribution in [2.24, 2.45) is 0 Å². The molecule has 1 aliphatic rings. The number of carbonyl (C=O) groups is 2. The second-order valence-corrected chi connectivity index (χ2v) is 6.73. The average molecular weight is 339 g/mol. The molecule has 1 aromatic carbocycles. The lowest BCUT2D eigenvalue weighted by Gasteiger charge is -2.39. The summed E-state index contributed by atoms with van der Waals surface area (Å²) in [4.78, 5) is 28.3. The van der Waals surface area contributed by atoms with E-state index in [1.54, 1.807) is 36.9 Å². The molecule has 0 N–H and O–H groups in total. The number of halogens is 1. The van der Waals surface area contributed by atoms with Crippen LogP contribution in [0.5, 0.6) is 5.75 Å². The molecule has 0 bridgehead atoms. The molecule has 1 aromatic rings. The van der Waals surface area contributed by atoms with Crippen LogP contribution in [0.1, 0.15) is 30.6 Å². The summed E-state index contributed by atoms with van der Waals surface area (Å²) < 4.78 is 5.81. The Kier molecular flexibility index (Phi) is 5.32. The number of nitrogens with zero attached hydrogens (tertiary/aromatic N) is 2. The number of rotatable bonds is 6. The van der Waals surface area contributed by atoms with Gasteiger partial charge in [-0.15, -0.1) is 11.6 Å². The second kappa shape index (κ2) is 6.89. The lowest BCUT2D eigenvalue weighted by Crippen LogP contribution is -2.53. The van der Waals surface area contributed by atoms with Crippen molar-refractivity contribution in [3.63, 3.8) is 0 Å². The van der Waals surface area contributed by atoms with Crippen molar-refractivity contribution >= 4 is 29.0 Å². The van der Waals surface area contributed by atoms with Crippen molar-refractivity contribution in [2.45, 2.75) is 25.9 Å². The van der Waals surface area contributed by atoms with Crippen LogP contribution in [-0.4, -0.2) is 55.3 Å². The standard InChI is InChI=1S/C17H23ClN2O3/c1-17(2)16(22)20(9-5-8-19(3)4)13-10-12(14(21)11-18)6-7-15(13)23-17/h6-7,10H,5,8-9,11H2,1-4H3. The Morgan fingerprint density at radius 2 is 2.04 bits per heavy atom. The third kappa shape index (κ3) is 3.85. The molecule has 5 nitrogen and oxygen atoms in total. The fourth-order valence-corrected chi connectivity index (χ4v) is 2.74. The molecule has 6 heteroatoms. The number of fused-ring (bicyclic) bond motifs is 1. The van der Waals surface area contributed by atoms with Crippen molar-refractivity contribution in [3.05, 3.63) is 23.8 Å². The first-order valence-electron chi connectivity index (χ1n) is 7.65. The summed E-state index contributed by atoms with van der Waals surface area (Å²) in [6.07, 6.45) is 0.835. The number of ketones is 1. The molecule has 1 heterocycles. The van der Waals surface area contributed by atoms with Gasteiger partial charge in [-0.3, -0.25) is 9.59 Å². The molecule has 2 rings (SSSR count). The van der Waals surface area contributed by atoms with Crippen LogP contribution in [0.25, 0.3) is 0 Å². The molecule has 0 fully saturated rings. The van der Waals surface area contributed by atoms with Crippen molar-refractivity contribution in [2.75, 3.05) is 38.0 Å². The van der Waals surface area contributed by atoms with E-state index < -0.39 is 5.60 Å². The Morgan fingerprint density at radius 3 is 2.65 bits per heavy atom. The van der Waals surface area contributed by atoms with Gasteiger partial charge in [-0.05, 0) is 59.1 Å². The highest BCUT2D eigenvalue weighted by molar-refractivity contribution is 6.30. The normalized spacial score (nSPS) is 16.3. The maximum Gasteiger partial charge on any atom is 0.270 e. The summed E-state index contributed by atoms with van der Waals surface area (Å²) in [7, 11) is 3.99. The molecule has 1 aliphatic heterocycles. The van der Waals surface area contributed by atoms with Gasteiger partial charge in [0.25, 0.3) is 5.91 Å². The smallest absolute Gasteiger partial charge is 0.270 e. The van der Waals surface area contributed by atoms with Crippen LogP contribution in [0.15, 0.2) is 18.2 Å². The van der Waals surface area contributed by atoms with E-state index in [0.29, 0.717) is 23.5 Å². The monoisotopic (exact) mass is 338 g/mol. The van der Waals surface area contributed by atoms with Crippen LogP contribution in [-0.2, 0) is 4.79 Å². The third-order valence-electron chi connectivity index (χ3n) is 3.81. The quantitative estimate of drug-likeness (QED) is 0.591. The zero-order valence-corrected chi connectivity index (χ0v) is 14.8. The lowest BCUT2D eigenvalue weighted by molar-refractivity contribution is -0.132. The van der Waals surface area contributed by atoms with E-state index in [2.05, 4.69) is 4.90 Å². The molecule has 0 atom stereocenters. The summed E-state index contributed by atoms with van der Waals surface area (Å²) in [5, 5.41) is 0. The van der Waals surface area contributed by atoms with E-state index >= 15 is 0 Å². The molecule has 1 amide bonds. The Morgan fingerprint density at radius 1 is 1.35 bits per heavy atom. The van der Waals surface area contributed by atoms with Crippen molar-refractivity contribution < 1.29 is 14.3 Å². The predicted molar refractivity (Wildman–Crippen MR) is 91.7 cm³/mol. The zero-order valence-electron chi connectivity index (χ0n) is 14.1. The maximum absolute atomic E-state index is 12.7. The summed E-state index contributed by atoms with van der Waals surface area (Å²) in [5.74, 6) is 0.268. The molecule has 0 unspecified atom stereocenters. The number of Topliss-reactive ketones (excluding diaryl/α,β-unsaturated/α-hetero) is 1. The number of hydrogen-bond donors (Lipinski definition) is 0. The summed E-state index contributed by atoms with van der Waals surface area (Å²) in [6.45, 7) is 4.97. The van der Waals surface area contributed by atoms with E-state index in [4.69, 9.17) is 16.3 Å². The Balaban J connectivity index is 2.35. The van der Waals surface area contributed by atoms with Crippen molar-refractivity contribution in [3.8, 4) is 5.75 Å². The van der Waals surface area contributed by atoms with Gasteiger partial charge in [-0.2, -0.15) is 0 Å². The SMILES string of the molecule is CN(C)CCCN1C(=O)C(C)(C)Oc2ccc(C(=O)CCl)cc21. The van der Waals surface area contributed by atoms with Crippen LogP contribution >= 0.6 is 11.6 Å². The molecule has 0 aliphatic carbocycles. The minimum atomic E-state index is -0.914. The highest BCUT2D eigenvalue weighted by Crippen LogP contribution is 2.38. The van der Waals surface area contributed by atoms with Crippen LogP contribution in [0.3, 0.4) is 0 Å². The zero-order chi connectivity index (χ0) is 17.2. The molecular weight excluding hydrogens is 316 g/mol. The highest BCUT2D eigenvalue weighted by atomic mass is 35.5. The van der Waals surface area contributed by atoms with Crippen LogP contribution in [0.4, 0.5) is 5.69 Å². The van der Waals surface area contributed by atoms with E-state index in [9.17, 15) is 9.59 Å². The van der Waals surface area contributed by atoms with Crippen molar-refractivity contribution in [1.82, 2.24) is 4.90 Å². The van der Waals surface area contributed by atoms with Gasteiger partial charge in [0.05, 0.1) is 11.6 Å². The lowest BCUT2D eigenvalue weighted by atomic mass is 10.0. The number of hydrogen-bond acceptors (Lipinski definition) is 4. The van der Waals surface area contributed by atoms with Gasteiger partial charge in [0.1, 0.15) is 5.75 Å². The summed E-state index contributed by atoms with van der Waals surface area (Å²) >= 11 is 5.63. The largest absolute Gasteiger partial charge is 0.476 e.